The van der Waals surface area contributed by atoms with Crippen LogP contribution in [0, 0.1) is 0 Å². The Kier molecular flexibility index (Phi) is 4.77. The number of H-pyrrole nitrogens is 1. The van der Waals surface area contributed by atoms with Crippen molar-refractivity contribution in [1.82, 2.24) is 19.6 Å². The van der Waals surface area contributed by atoms with E-state index in [1.807, 2.05) is 0 Å². The van der Waals surface area contributed by atoms with Gasteiger partial charge in [-0.15, -0.1) is 0 Å². The third kappa shape index (κ3) is 3.57. The summed E-state index contributed by atoms with van der Waals surface area (Å²) in [5.41, 5.74) is 0. The van der Waals surface area contributed by atoms with E-state index >= 15 is 0 Å². The molecule has 1 aromatic heterocycles. The number of sulfonamides is 1. The second-order valence-corrected chi connectivity index (χ2v) is 7.09. The molecule has 0 aliphatic heterocycles. The number of hydrogen-bond donors (Lipinski definition) is 2. The van der Waals surface area contributed by atoms with E-state index < -0.39 is 10.0 Å². The van der Waals surface area contributed by atoms with Gasteiger partial charge in [0, 0.05) is 13.1 Å². The van der Waals surface area contributed by atoms with Gasteiger partial charge in [-0.3, -0.25) is 4.79 Å². The lowest BCUT2D eigenvalue weighted by Gasteiger charge is -2.24. The van der Waals surface area contributed by atoms with E-state index in [0.717, 1.165) is 30.0 Å². The molecule has 1 fully saturated rings. The molecule has 1 saturated carbocycles. The van der Waals surface area contributed by atoms with Crippen molar-refractivity contribution in [1.29, 1.82) is 0 Å². The summed E-state index contributed by atoms with van der Waals surface area (Å²) in [5.74, 6) is -0.262. The van der Waals surface area contributed by atoms with Gasteiger partial charge < -0.3 is 10.3 Å². The Morgan fingerprint density at radius 2 is 2.15 bits per heavy atom. The summed E-state index contributed by atoms with van der Waals surface area (Å²) in [5, 5.41) is 2.89. The molecule has 0 saturated heterocycles. The molecule has 0 bridgehead atoms. The van der Waals surface area contributed by atoms with Gasteiger partial charge in [0.05, 0.1) is 19.1 Å². The Morgan fingerprint density at radius 1 is 1.45 bits per heavy atom. The first-order valence-electron chi connectivity index (χ1n) is 6.74. The molecular weight excluding hydrogens is 280 g/mol. The van der Waals surface area contributed by atoms with Crippen LogP contribution in [0.2, 0.25) is 0 Å². The molecule has 7 nitrogen and oxygen atoms in total. The van der Waals surface area contributed by atoms with E-state index in [2.05, 4.69) is 15.3 Å². The molecule has 1 aliphatic carbocycles. The molecule has 2 rings (SSSR count). The maximum Gasteiger partial charge on any atom is 0.260 e. The summed E-state index contributed by atoms with van der Waals surface area (Å²) in [6.07, 6.45) is 7.92. The molecule has 0 spiro atoms. The van der Waals surface area contributed by atoms with Crippen LogP contribution in [0.4, 0.5) is 0 Å². The molecule has 112 valence electrons. The molecule has 0 radical (unpaired) electrons. The van der Waals surface area contributed by atoms with Crippen molar-refractivity contribution in [3.8, 4) is 0 Å². The van der Waals surface area contributed by atoms with Crippen LogP contribution < -0.4 is 5.32 Å². The van der Waals surface area contributed by atoms with Crippen molar-refractivity contribution in [2.45, 2.75) is 43.2 Å². The minimum Gasteiger partial charge on any atom is -0.352 e. The van der Waals surface area contributed by atoms with Gasteiger partial charge in [0.25, 0.3) is 10.0 Å². The zero-order valence-corrected chi connectivity index (χ0v) is 12.3. The maximum absolute atomic E-state index is 12.1. The first kappa shape index (κ1) is 15.0. The molecule has 8 heteroatoms. The second kappa shape index (κ2) is 6.36. The Labute approximate surface area is 118 Å². The number of rotatable bonds is 5. The normalized spacial score (nSPS) is 17.3. The molecule has 0 atom stereocenters. The molecule has 1 aromatic rings. The highest BCUT2D eigenvalue weighted by atomic mass is 32.2. The molecule has 1 amide bonds. The topological polar surface area (TPSA) is 95.2 Å². The Morgan fingerprint density at radius 3 is 2.75 bits per heavy atom. The smallest absolute Gasteiger partial charge is 0.260 e. The van der Waals surface area contributed by atoms with Crippen LogP contribution >= 0.6 is 0 Å². The molecule has 1 heterocycles. The highest BCUT2D eigenvalue weighted by Gasteiger charge is 2.25. The second-order valence-electron chi connectivity index (χ2n) is 5.08. The zero-order chi connectivity index (χ0) is 14.6. The van der Waals surface area contributed by atoms with E-state index in [1.165, 1.54) is 26.0 Å². The lowest BCUT2D eigenvalue weighted by Crippen LogP contribution is -2.43. The van der Waals surface area contributed by atoms with E-state index in [4.69, 9.17) is 0 Å². The summed E-state index contributed by atoms with van der Waals surface area (Å²) in [6.45, 7) is -0.183. The first-order valence-corrected chi connectivity index (χ1v) is 8.18. The van der Waals surface area contributed by atoms with Gasteiger partial charge in [-0.2, -0.15) is 4.31 Å². The van der Waals surface area contributed by atoms with Crippen molar-refractivity contribution in [2.75, 3.05) is 13.6 Å². The first-order chi connectivity index (χ1) is 9.50. The Balaban J connectivity index is 1.90. The minimum atomic E-state index is -3.68. The molecule has 20 heavy (non-hydrogen) atoms. The minimum absolute atomic E-state index is 0.00883. The van der Waals surface area contributed by atoms with Crippen molar-refractivity contribution in [3.05, 3.63) is 12.5 Å². The monoisotopic (exact) mass is 300 g/mol. The van der Waals surface area contributed by atoms with Crippen molar-refractivity contribution in [2.24, 2.45) is 0 Å². The highest BCUT2D eigenvalue weighted by molar-refractivity contribution is 7.89. The highest BCUT2D eigenvalue weighted by Crippen LogP contribution is 2.17. The van der Waals surface area contributed by atoms with Crippen LogP contribution in [0.25, 0.3) is 0 Å². The number of carbonyl (C=O) groups is 1. The average molecular weight is 300 g/mol. The largest absolute Gasteiger partial charge is 0.352 e. The summed E-state index contributed by atoms with van der Waals surface area (Å²) in [4.78, 5) is 18.1. The van der Waals surface area contributed by atoms with Crippen LogP contribution in [0.5, 0.6) is 0 Å². The number of aromatic amines is 1. The van der Waals surface area contributed by atoms with Crippen LogP contribution in [-0.4, -0.2) is 48.2 Å². The van der Waals surface area contributed by atoms with Crippen LogP contribution in [-0.2, 0) is 14.8 Å². The standard InChI is InChI=1S/C12H20N4O3S/c1-16(20(18,19)12-7-13-9-14-12)8-11(17)15-10-5-3-2-4-6-10/h7,9-10H,2-6,8H2,1H3,(H,13,14)(H,15,17). The fraction of sp³-hybridized carbons (Fsp3) is 0.667. The molecule has 1 aliphatic rings. The maximum atomic E-state index is 12.1. The van der Waals surface area contributed by atoms with Gasteiger partial charge in [0.15, 0.2) is 5.03 Å². The van der Waals surface area contributed by atoms with Gasteiger partial charge in [-0.1, -0.05) is 19.3 Å². The SMILES string of the molecule is CN(CC(=O)NC1CCCCC1)S(=O)(=O)c1cnc[nH]1. The van der Waals surface area contributed by atoms with E-state index in [0.29, 0.717) is 0 Å². The summed E-state index contributed by atoms with van der Waals surface area (Å²) in [6, 6.07) is 0.180. The number of carbonyl (C=O) groups excluding carboxylic acids is 1. The quantitative estimate of drug-likeness (QED) is 0.827. The van der Waals surface area contributed by atoms with Crippen molar-refractivity contribution >= 4 is 15.9 Å². The van der Waals surface area contributed by atoms with Crippen molar-refractivity contribution < 1.29 is 13.2 Å². The third-order valence-electron chi connectivity index (χ3n) is 3.50. The number of imidazole rings is 1. The van der Waals surface area contributed by atoms with E-state index in [-0.39, 0.29) is 23.5 Å². The Hall–Kier alpha value is -1.41. The number of hydrogen-bond acceptors (Lipinski definition) is 4. The summed E-state index contributed by atoms with van der Waals surface area (Å²) < 4.78 is 25.2. The van der Waals surface area contributed by atoms with Crippen LogP contribution in [0.1, 0.15) is 32.1 Å². The predicted molar refractivity (Wildman–Crippen MR) is 73.4 cm³/mol. The Bertz CT molecular complexity index is 535. The van der Waals surface area contributed by atoms with Crippen molar-refractivity contribution in [3.63, 3.8) is 0 Å². The van der Waals surface area contributed by atoms with Crippen LogP contribution in [0.3, 0.4) is 0 Å². The number of likely N-dealkylation sites (N-methyl/N-ethyl adjacent to an activating group) is 1. The number of amides is 1. The molecule has 0 aromatic carbocycles. The zero-order valence-electron chi connectivity index (χ0n) is 11.5. The molecule has 0 unspecified atom stereocenters. The number of nitrogens with one attached hydrogen (secondary N) is 2. The van der Waals surface area contributed by atoms with E-state index in [1.54, 1.807) is 0 Å². The lowest BCUT2D eigenvalue weighted by molar-refractivity contribution is -0.122. The third-order valence-corrected chi connectivity index (χ3v) is 5.23. The number of nitrogens with zero attached hydrogens (tertiary/aromatic N) is 2. The van der Waals surface area contributed by atoms with Gasteiger partial charge in [-0.05, 0) is 12.8 Å². The van der Waals surface area contributed by atoms with Gasteiger partial charge in [0.2, 0.25) is 5.91 Å². The summed E-state index contributed by atoms with van der Waals surface area (Å²) >= 11 is 0. The van der Waals surface area contributed by atoms with Gasteiger partial charge >= 0.3 is 0 Å². The molecular formula is C12H20N4O3S. The molecule has 2 N–H and O–H groups in total. The fourth-order valence-corrected chi connectivity index (χ4v) is 3.38. The van der Waals surface area contributed by atoms with Crippen LogP contribution in [0.15, 0.2) is 17.6 Å². The fourth-order valence-electron chi connectivity index (χ4n) is 2.36. The lowest BCUT2D eigenvalue weighted by atomic mass is 9.95. The average Bonchev–Trinajstić information content (AvgIpc) is 2.94. The predicted octanol–water partition coefficient (Wildman–Crippen LogP) is 0.479. The summed E-state index contributed by atoms with van der Waals surface area (Å²) in [7, 11) is -2.29. The number of aromatic nitrogens is 2. The van der Waals surface area contributed by atoms with Gasteiger partial charge in [0.1, 0.15) is 0 Å². The van der Waals surface area contributed by atoms with E-state index in [9.17, 15) is 13.2 Å². The van der Waals surface area contributed by atoms with Gasteiger partial charge in [-0.25, -0.2) is 13.4 Å².